The summed E-state index contributed by atoms with van der Waals surface area (Å²) in [5, 5.41) is 14.3. The van der Waals surface area contributed by atoms with Crippen molar-refractivity contribution in [1.82, 2.24) is 10.3 Å². The van der Waals surface area contributed by atoms with Gasteiger partial charge in [-0.05, 0) is 36.6 Å². The summed E-state index contributed by atoms with van der Waals surface area (Å²) in [6.07, 6.45) is 2.55. The van der Waals surface area contributed by atoms with Crippen molar-refractivity contribution >= 4 is 10.9 Å². The summed E-state index contributed by atoms with van der Waals surface area (Å²) in [6, 6.07) is 5.62. The van der Waals surface area contributed by atoms with E-state index in [0.717, 1.165) is 18.6 Å². The molecule has 0 atom stereocenters. The molecule has 1 aromatic heterocycles. The molecule has 1 aromatic carbocycles. The Morgan fingerprint density at radius 3 is 2.94 bits per heavy atom. The van der Waals surface area contributed by atoms with Gasteiger partial charge in [0, 0.05) is 35.1 Å². The second-order valence-corrected chi connectivity index (χ2v) is 5.09. The zero-order valence-corrected chi connectivity index (χ0v) is 9.01. The second-order valence-electron chi connectivity index (χ2n) is 5.09. The highest BCUT2D eigenvalue weighted by molar-refractivity contribution is 5.88. The third kappa shape index (κ3) is 0.964. The fourth-order valence-corrected chi connectivity index (χ4v) is 3.07. The molecule has 0 bridgehead atoms. The van der Waals surface area contributed by atoms with Crippen LogP contribution in [0.1, 0.15) is 24.1 Å². The predicted octanol–water partition coefficient (Wildman–Crippen LogP) is 2.01. The SMILES string of the molecule is Oc1ccc2[nH]c3c(c2c1)C1(CC1)CNC3. The van der Waals surface area contributed by atoms with Gasteiger partial charge in [0.2, 0.25) is 0 Å². The monoisotopic (exact) mass is 214 g/mol. The summed E-state index contributed by atoms with van der Waals surface area (Å²) in [5.74, 6) is 0.364. The van der Waals surface area contributed by atoms with Gasteiger partial charge in [-0.2, -0.15) is 0 Å². The molecule has 1 aliphatic carbocycles. The third-order valence-electron chi connectivity index (χ3n) is 4.01. The number of nitrogens with one attached hydrogen (secondary N) is 2. The van der Waals surface area contributed by atoms with Gasteiger partial charge in [-0.25, -0.2) is 0 Å². The second kappa shape index (κ2) is 2.61. The van der Waals surface area contributed by atoms with Crippen molar-refractivity contribution in [2.45, 2.75) is 24.8 Å². The van der Waals surface area contributed by atoms with Crippen LogP contribution in [-0.4, -0.2) is 16.6 Å². The molecule has 0 radical (unpaired) electrons. The van der Waals surface area contributed by atoms with Crippen LogP contribution in [-0.2, 0) is 12.0 Å². The zero-order valence-electron chi connectivity index (χ0n) is 9.01. The van der Waals surface area contributed by atoms with E-state index in [4.69, 9.17) is 0 Å². The predicted molar refractivity (Wildman–Crippen MR) is 62.6 cm³/mol. The van der Waals surface area contributed by atoms with Crippen molar-refractivity contribution in [3.05, 3.63) is 29.5 Å². The molecule has 82 valence electrons. The van der Waals surface area contributed by atoms with E-state index >= 15 is 0 Å². The van der Waals surface area contributed by atoms with Gasteiger partial charge in [-0.3, -0.25) is 0 Å². The van der Waals surface area contributed by atoms with E-state index in [0.29, 0.717) is 11.2 Å². The van der Waals surface area contributed by atoms with E-state index in [1.165, 1.54) is 29.5 Å². The molecule has 0 saturated heterocycles. The molecule has 0 unspecified atom stereocenters. The van der Waals surface area contributed by atoms with Gasteiger partial charge in [0.15, 0.2) is 0 Å². The lowest BCUT2D eigenvalue weighted by Crippen LogP contribution is -2.32. The van der Waals surface area contributed by atoms with Crippen LogP contribution in [0.25, 0.3) is 10.9 Å². The Morgan fingerprint density at radius 2 is 2.12 bits per heavy atom. The summed E-state index contributed by atoms with van der Waals surface area (Å²) in [5.41, 5.74) is 4.28. The Balaban J connectivity index is 2.08. The number of hydrogen-bond donors (Lipinski definition) is 3. The van der Waals surface area contributed by atoms with Gasteiger partial charge in [-0.15, -0.1) is 0 Å². The highest BCUT2D eigenvalue weighted by Crippen LogP contribution is 2.53. The number of H-pyrrole nitrogens is 1. The smallest absolute Gasteiger partial charge is 0.116 e. The molecule has 3 N–H and O–H groups in total. The summed E-state index contributed by atoms with van der Waals surface area (Å²) in [7, 11) is 0. The lowest BCUT2D eigenvalue weighted by Gasteiger charge is -2.23. The maximum atomic E-state index is 9.61. The quantitative estimate of drug-likeness (QED) is 0.628. The molecule has 3 nitrogen and oxygen atoms in total. The fraction of sp³-hybridized carbons (Fsp3) is 0.385. The molecule has 1 fully saturated rings. The number of aromatic hydroxyl groups is 1. The molecule has 1 aliphatic heterocycles. The standard InChI is InChI=1S/C13H14N2O/c16-8-1-2-10-9(5-8)12-11(15-10)6-14-7-13(12)3-4-13/h1-2,5,14-16H,3-4,6-7H2. The van der Waals surface area contributed by atoms with E-state index in [9.17, 15) is 5.11 Å². The normalized spacial score (nSPS) is 21.2. The summed E-state index contributed by atoms with van der Waals surface area (Å²) >= 11 is 0. The average molecular weight is 214 g/mol. The van der Waals surface area contributed by atoms with Crippen molar-refractivity contribution in [2.75, 3.05) is 6.54 Å². The van der Waals surface area contributed by atoms with Crippen LogP contribution >= 0.6 is 0 Å². The molecule has 16 heavy (non-hydrogen) atoms. The number of aromatic amines is 1. The lowest BCUT2D eigenvalue weighted by molar-refractivity contribution is 0.476. The molecule has 4 rings (SSSR count). The first kappa shape index (κ1) is 8.65. The van der Waals surface area contributed by atoms with E-state index < -0.39 is 0 Å². The molecule has 2 heterocycles. The number of rotatable bonds is 0. The molecular formula is C13H14N2O. The van der Waals surface area contributed by atoms with Crippen LogP contribution < -0.4 is 5.32 Å². The molecule has 0 amide bonds. The Kier molecular flexibility index (Phi) is 1.41. The Hall–Kier alpha value is -1.48. The average Bonchev–Trinajstić information content (AvgIpc) is 2.92. The highest BCUT2D eigenvalue weighted by atomic mass is 16.3. The minimum Gasteiger partial charge on any atom is -0.508 e. The lowest BCUT2D eigenvalue weighted by atomic mass is 9.90. The van der Waals surface area contributed by atoms with Crippen molar-refractivity contribution < 1.29 is 5.11 Å². The highest BCUT2D eigenvalue weighted by Gasteiger charge is 2.48. The molecule has 1 saturated carbocycles. The summed E-state index contributed by atoms with van der Waals surface area (Å²) in [6.45, 7) is 2.01. The maximum Gasteiger partial charge on any atom is 0.116 e. The minimum atomic E-state index is 0.361. The minimum absolute atomic E-state index is 0.361. The molecular weight excluding hydrogens is 200 g/mol. The Labute approximate surface area is 93.5 Å². The van der Waals surface area contributed by atoms with Crippen LogP contribution in [0.15, 0.2) is 18.2 Å². The van der Waals surface area contributed by atoms with Gasteiger partial charge < -0.3 is 15.4 Å². The first-order chi connectivity index (χ1) is 7.78. The molecule has 2 aromatic rings. The molecule has 2 aliphatic rings. The first-order valence-electron chi connectivity index (χ1n) is 5.83. The third-order valence-corrected chi connectivity index (χ3v) is 4.01. The van der Waals surface area contributed by atoms with Gasteiger partial charge in [-0.1, -0.05) is 0 Å². The Bertz CT molecular complexity index is 581. The van der Waals surface area contributed by atoms with E-state index in [1.807, 2.05) is 12.1 Å². The van der Waals surface area contributed by atoms with Crippen molar-refractivity contribution in [3.63, 3.8) is 0 Å². The number of aromatic nitrogens is 1. The van der Waals surface area contributed by atoms with Gasteiger partial charge in [0.05, 0.1) is 0 Å². The van der Waals surface area contributed by atoms with Crippen molar-refractivity contribution in [3.8, 4) is 5.75 Å². The van der Waals surface area contributed by atoms with Crippen LogP contribution in [0.4, 0.5) is 0 Å². The number of hydrogen-bond acceptors (Lipinski definition) is 2. The van der Waals surface area contributed by atoms with Gasteiger partial charge in [0.25, 0.3) is 0 Å². The largest absolute Gasteiger partial charge is 0.508 e. The number of phenolic OH excluding ortho intramolecular Hbond substituents is 1. The fourth-order valence-electron chi connectivity index (χ4n) is 3.07. The van der Waals surface area contributed by atoms with Crippen molar-refractivity contribution in [1.29, 1.82) is 0 Å². The first-order valence-corrected chi connectivity index (χ1v) is 5.83. The number of phenols is 1. The zero-order chi connectivity index (χ0) is 10.8. The number of fused-ring (bicyclic) bond motifs is 4. The summed E-state index contributed by atoms with van der Waals surface area (Å²) < 4.78 is 0. The number of benzene rings is 1. The Morgan fingerprint density at radius 1 is 1.25 bits per heavy atom. The van der Waals surface area contributed by atoms with Crippen LogP contribution in [0, 0.1) is 0 Å². The van der Waals surface area contributed by atoms with Crippen LogP contribution in [0.5, 0.6) is 5.75 Å². The van der Waals surface area contributed by atoms with Gasteiger partial charge >= 0.3 is 0 Å². The van der Waals surface area contributed by atoms with E-state index in [-0.39, 0.29) is 0 Å². The maximum absolute atomic E-state index is 9.61. The van der Waals surface area contributed by atoms with Gasteiger partial charge in [0.1, 0.15) is 5.75 Å². The molecule has 3 heteroatoms. The van der Waals surface area contributed by atoms with Crippen molar-refractivity contribution in [2.24, 2.45) is 0 Å². The van der Waals surface area contributed by atoms with E-state index in [2.05, 4.69) is 10.3 Å². The van der Waals surface area contributed by atoms with E-state index in [1.54, 1.807) is 6.07 Å². The topological polar surface area (TPSA) is 48.0 Å². The summed E-state index contributed by atoms with van der Waals surface area (Å²) in [4.78, 5) is 3.47. The van der Waals surface area contributed by atoms with Crippen LogP contribution in [0.2, 0.25) is 0 Å². The van der Waals surface area contributed by atoms with Crippen LogP contribution in [0.3, 0.4) is 0 Å². The molecule has 1 spiro atoms.